The highest BCUT2D eigenvalue weighted by molar-refractivity contribution is 5.97. The average molecular weight is 385 g/mol. The normalized spacial score (nSPS) is 14.8. The second kappa shape index (κ2) is 10.1. The van der Waals surface area contributed by atoms with E-state index in [4.69, 9.17) is 4.74 Å². The van der Waals surface area contributed by atoms with Gasteiger partial charge in [0.05, 0.1) is 25.2 Å². The smallest absolute Gasteiger partial charge is 0.337 e. The fraction of sp³-hybridized carbons (Fsp3) is 0.400. The van der Waals surface area contributed by atoms with Crippen molar-refractivity contribution in [2.24, 2.45) is 5.92 Å². The summed E-state index contributed by atoms with van der Waals surface area (Å²) in [6.45, 7) is 2.90. The molecule has 8 nitrogen and oxygen atoms in total. The number of esters is 2. The van der Waals surface area contributed by atoms with Crippen molar-refractivity contribution in [3.05, 3.63) is 41.6 Å². The van der Waals surface area contributed by atoms with Gasteiger partial charge in [-0.15, -0.1) is 0 Å². The van der Waals surface area contributed by atoms with Gasteiger partial charge in [0.1, 0.15) is 11.6 Å². The van der Waals surface area contributed by atoms with Crippen LogP contribution in [0, 0.1) is 17.2 Å². The molecule has 1 saturated heterocycles. The summed E-state index contributed by atoms with van der Waals surface area (Å²) in [6.07, 6.45) is 2.38. The first-order valence-corrected chi connectivity index (χ1v) is 9.01. The van der Waals surface area contributed by atoms with E-state index in [2.05, 4.69) is 10.1 Å². The summed E-state index contributed by atoms with van der Waals surface area (Å²) in [5.74, 6) is -1.27. The molecule has 1 N–H and O–H groups in total. The zero-order valence-corrected chi connectivity index (χ0v) is 15.9. The maximum atomic E-state index is 12.6. The third-order valence-electron chi connectivity index (χ3n) is 4.44. The van der Waals surface area contributed by atoms with Crippen molar-refractivity contribution in [2.75, 3.05) is 32.1 Å². The zero-order valence-electron chi connectivity index (χ0n) is 15.9. The summed E-state index contributed by atoms with van der Waals surface area (Å²) < 4.78 is 9.65. The number of ether oxygens (including phenoxy) is 2. The van der Waals surface area contributed by atoms with Crippen LogP contribution < -0.4 is 5.32 Å². The maximum Gasteiger partial charge on any atom is 0.337 e. The van der Waals surface area contributed by atoms with Gasteiger partial charge < -0.3 is 19.7 Å². The van der Waals surface area contributed by atoms with Crippen molar-refractivity contribution < 1.29 is 23.9 Å². The van der Waals surface area contributed by atoms with Gasteiger partial charge in [-0.2, -0.15) is 5.26 Å². The molecule has 0 atom stereocenters. The maximum absolute atomic E-state index is 12.6. The number of benzene rings is 1. The molecule has 0 radical (unpaired) electrons. The second-order valence-corrected chi connectivity index (χ2v) is 6.20. The van der Waals surface area contributed by atoms with Crippen molar-refractivity contribution >= 4 is 23.5 Å². The third-order valence-corrected chi connectivity index (χ3v) is 4.44. The summed E-state index contributed by atoms with van der Waals surface area (Å²) in [6, 6.07) is 8.35. The van der Waals surface area contributed by atoms with Crippen LogP contribution in [0.2, 0.25) is 0 Å². The van der Waals surface area contributed by atoms with Crippen LogP contribution in [0.1, 0.15) is 30.1 Å². The van der Waals surface area contributed by atoms with Crippen molar-refractivity contribution in [1.82, 2.24) is 4.90 Å². The van der Waals surface area contributed by atoms with Crippen LogP contribution in [-0.2, 0) is 19.1 Å². The van der Waals surface area contributed by atoms with Crippen LogP contribution >= 0.6 is 0 Å². The summed E-state index contributed by atoms with van der Waals surface area (Å²) in [7, 11) is 1.30. The number of rotatable bonds is 6. The predicted molar refractivity (Wildman–Crippen MR) is 101 cm³/mol. The van der Waals surface area contributed by atoms with Crippen molar-refractivity contribution in [1.29, 1.82) is 5.26 Å². The first-order valence-electron chi connectivity index (χ1n) is 9.01. The molecule has 0 bridgehead atoms. The first kappa shape index (κ1) is 21.0. The fourth-order valence-electron chi connectivity index (χ4n) is 2.87. The highest BCUT2D eigenvalue weighted by Gasteiger charge is 2.29. The fourth-order valence-corrected chi connectivity index (χ4v) is 2.87. The molecule has 28 heavy (non-hydrogen) atoms. The van der Waals surface area contributed by atoms with Crippen molar-refractivity contribution in [3.8, 4) is 6.07 Å². The monoisotopic (exact) mass is 385 g/mol. The van der Waals surface area contributed by atoms with Gasteiger partial charge in [0, 0.05) is 25.0 Å². The quantitative estimate of drug-likeness (QED) is 0.454. The van der Waals surface area contributed by atoms with Gasteiger partial charge in [-0.1, -0.05) is 0 Å². The van der Waals surface area contributed by atoms with E-state index in [9.17, 15) is 19.6 Å². The molecule has 0 aromatic heterocycles. The summed E-state index contributed by atoms with van der Waals surface area (Å²) in [5, 5.41) is 12.2. The molecule has 8 heteroatoms. The van der Waals surface area contributed by atoms with E-state index in [0.717, 1.165) is 0 Å². The number of carbonyl (C=O) groups excluding carboxylic acids is 3. The first-order chi connectivity index (χ1) is 13.5. The molecule has 1 heterocycles. The largest absolute Gasteiger partial charge is 0.466 e. The van der Waals surface area contributed by atoms with E-state index in [0.29, 0.717) is 43.8 Å². The van der Waals surface area contributed by atoms with Gasteiger partial charge in [-0.05, 0) is 44.0 Å². The highest BCUT2D eigenvalue weighted by Crippen LogP contribution is 2.20. The predicted octanol–water partition coefficient (Wildman–Crippen LogP) is 2.09. The Morgan fingerprint density at radius 1 is 1.25 bits per heavy atom. The van der Waals surface area contributed by atoms with Crippen molar-refractivity contribution in [3.63, 3.8) is 0 Å². The minimum Gasteiger partial charge on any atom is -0.466 e. The van der Waals surface area contributed by atoms with Crippen molar-refractivity contribution in [2.45, 2.75) is 19.8 Å². The Morgan fingerprint density at radius 3 is 2.43 bits per heavy atom. The summed E-state index contributed by atoms with van der Waals surface area (Å²) in [4.78, 5) is 37.3. The number of nitrogens with one attached hydrogen (secondary N) is 1. The van der Waals surface area contributed by atoms with Crippen LogP contribution in [-0.4, -0.2) is 49.6 Å². The molecule has 0 spiro atoms. The molecule has 1 aromatic rings. The lowest BCUT2D eigenvalue weighted by Crippen LogP contribution is -2.41. The van der Waals surface area contributed by atoms with Crippen LogP contribution in [0.3, 0.4) is 0 Å². The lowest BCUT2D eigenvalue weighted by atomic mass is 9.96. The lowest BCUT2D eigenvalue weighted by molar-refractivity contribution is -0.150. The van der Waals surface area contributed by atoms with Gasteiger partial charge in [0.15, 0.2) is 0 Å². The topological polar surface area (TPSA) is 109 Å². The van der Waals surface area contributed by atoms with Crippen LogP contribution in [0.4, 0.5) is 5.69 Å². The Labute approximate surface area is 163 Å². The number of piperidine rings is 1. The van der Waals surface area contributed by atoms with Gasteiger partial charge in [0.25, 0.3) is 5.91 Å². The second-order valence-electron chi connectivity index (χ2n) is 6.20. The molecule has 1 aromatic carbocycles. The lowest BCUT2D eigenvalue weighted by Gasteiger charge is -2.30. The molecule has 1 aliphatic heterocycles. The standard InChI is InChI=1S/C20H23N3O5/c1-3-28-20(26)15-8-10-23(11-9-15)18(24)16(12-21)13-22-17-6-4-14(5-7-17)19(25)27-2/h4-7,13,15,22H,3,8-11H2,1-2H3/b16-13-. The molecule has 148 valence electrons. The SMILES string of the molecule is CCOC(=O)C1CCN(C(=O)/C(C#N)=C\Nc2ccc(C(=O)OC)cc2)CC1. The van der Waals surface area contributed by atoms with E-state index >= 15 is 0 Å². The molecule has 0 saturated carbocycles. The Kier molecular flexibility index (Phi) is 7.57. The zero-order chi connectivity index (χ0) is 20.5. The number of methoxy groups -OCH3 is 1. The summed E-state index contributed by atoms with van der Waals surface area (Å²) in [5.41, 5.74) is 0.985. The van der Waals surface area contributed by atoms with E-state index < -0.39 is 5.97 Å². The Balaban J connectivity index is 1.95. The molecular weight excluding hydrogens is 362 g/mol. The number of hydrogen-bond acceptors (Lipinski definition) is 7. The minimum absolute atomic E-state index is 0.0355. The number of amides is 1. The number of hydrogen-bond donors (Lipinski definition) is 1. The third kappa shape index (κ3) is 5.33. The Hall–Kier alpha value is -3.34. The molecule has 0 unspecified atom stereocenters. The van der Waals surface area contributed by atoms with Gasteiger partial charge >= 0.3 is 11.9 Å². The average Bonchev–Trinajstić information content (AvgIpc) is 2.74. The van der Waals surface area contributed by atoms with Gasteiger partial charge in [-0.25, -0.2) is 4.79 Å². The van der Waals surface area contributed by atoms with Crippen LogP contribution in [0.5, 0.6) is 0 Å². The minimum atomic E-state index is -0.443. The molecule has 1 fully saturated rings. The molecule has 0 aliphatic carbocycles. The van der Waals surface area contributed by atoms with Gasteiger partial charge in [-0.3, -0.25) is 9.59 Å². The number of nitriles is 1. The molecule has 1 amide bonds. The highest BCUT2D eigenvalue weighted by atomic mass is 16.5. The Bertz CT molecular complexity index is 787. The Morgan fingerprint density at radius 2 is 1.89 bits per heavy atom. The van der Waals surface area contributed by atoms with Crippen LogP contribution in [0.15, 0.2) is 36.0 Å². The molecular formula is C20H23N3O5. The van der Waals surface area contributed by atoms with Gasteiger partial charge in [0.2, 0.25) is 0 Å². The molecule has 1 aliphatic rings. The van der Waals surface area contributed by atoms with Crippen LogP contribution in [0.25, 0.3) is 0 Å². The van der Waals surface area contributed by atoms with E-state index in [1.807, 2.05) is 6.07 Å². The van der Waals surface area contributed by atoms with E-state index in [-0.39, 0.29) is 23.4 Å². The summed E-state index contributed by atoms with van der Waals surface area (Å²) >= 11 is 0. The van der Waals surface area contributed by atoms with E-state index in [1.54, 1.807) is 36.1 Å². The number of anilines is 1. The molecule has 2 rings (SSSR count). The number of nitrogens with zero attached hydrogens (tertiary/aromatic N) is 2. The number of likely N-dealkylation sites (tertiary alicyclic amines) is 1. The van der Waals surface area contributed by atoms with E-state index in [1.165, 1.54) is 13.3 Å². The number of carbonyl (C=O) groups is 3.